The number of rotatable bonds is 4. The average molecular weight is 333 g/mol. The van der Waals surface area contributed by atoms with Gasteiger partial charge < -0.3 is 5.32 Å². The fourth-order valence-corrected chi connectivity index (χ4v) is 3.45. The first-order chi connectivity index (χ1) is 9.28. The van der Waals surface area contributed by atoms with Gasteiger partial charge in [0.1, 0.15) is 6.07 Å². The third-order valence-electron chi connectivity index (χ3n) is 3.36. The van der Waals surface area contributed by atoms with E-state index >= 15 is 0 Å². The maximum atomic E-state index is 9.23. The minimum absolute atomic E-state index is 0.341. The van der Waals surface area contributed by atoms with Crippen molar-refractivity contribution < 1.29 is 0 Å². The van der Waals surface area contributed by atoms with E-state index in [2.05, 4.69) is 44.8 Å². The van der Waals surface area contributed by atoms with E-state index in [4.69, 9.17) is 0 Å². The molecule has 1 N–H and O–H groups in total. The SMILES string of the molecule is N#Cc1cc(Br)ccc1NC(c1cccs1)C1CC1. The van der Waals surface area contributed by atoms with Crippen LogP contribution in [0.15, 0.2) is 40.2 Å². The quantitative estimate of drug-likeness (QED) is 0.860. The summed E-state index contributed by atoms with van der Waals surface area (Å²) in [6, 6.07) is 12.7. The fourth-order valence-electron chi connectivity index (χ4n) is 2.22. The topological polar surface area (TPSA) is 35.8 Å². The largest absolute Gasteiger partial charge is 0.376 e. The number of halogens is 1. The maximum Gasteiger partial charge on any atom is 0.101 e. The third kappa shape index (κ3) is 2.83. The molecule has 1 heterocycles. The van der Waals surface area contributed by atoms with Gasteiger partial charge in [-0.3, -0.25) is 0 Å². The highest BCUT2D eigenvalue weighted by molar-refractivity contribution is 9.10. The molecule has 0 radical (unpaired) electrons. The van der Waals surface area contributed by atoms with Crippen molar-refractivity contribution in [3.05, 3.63) is 50.6 Å². The zero-order valence-electron chi connectivity index (χ0n) is 10.3. The summed E-state index contributed by atoms with van der Waals surface area (Å²) in [6.45, 7) is 0. The second-order valence-corrected chi connectivity index (χ2v) is 6.67. The first kappa shape index (κ1) is 12.7. The predicted octanol–water partition coefficient (Wildman–Crippen LogP) is 4.95. The number of nitrogens with one attached hydrogen (secondary N) is 1. The van der Waals surface area contributed by atoms with Crippen molar-refractivity contribution in [2.24, 2.45) is 5.92 Å². The average Bonchev–Trinajstić information content (AvgIpc) is 3.11. The van der Waals surface area contributed by atoms with E-state index in [0.29, 0.717) is 17.5 Å². The normalized spacial score (nSPS) is 15.8. The third-order valence-corrected chi connectivity index (χ3v) is 4.80. The lowest BCUT2D eigenvalue weighted by molar-refractivity contribution is 0.691. The van der Waals surface area contributed by atoms with Crippen LogP contribution in [0.5, 0.6) is 0 Å². The Labute approximate surface area is 125 Å². The van der Waals surface area contributed by atoms with Gasteiger partial charge in [-0.25, -0.2) is 0 Å². The van der Waals surface area contributed by atoms with E-state index in [1.165, 1.54) is 17.7 Å². The summed E-state index contributed by atoms with van der Waals surface area (Å²) in [6.07, 6.45) is 2.54. The van der Waals surface area contributed by atoms with Gasteiger partial charge in [0.25, 0.3) is 0 Å². The molecule has 1 aliphatic rings. The van der Waals surface area contributed by atoms with Gasteiger partial charge in [-0.05, 0) is 48.4 Å². The van der Waals surface area contributed by atoms with Gasteiger partial charge in [-0.15, -0.1) is 11.3 Å². The maximum absolute atomic E-state index is 9.23. The van der Waals surface area contributed by atoms with Crippen LogP contribution in [0.2, 0.25) is 0 Å². The summed E-state index contributed by atoms with van der Waals surface area (Å²) in [7, 11) is 0. The van der Waals surface area contributed by atoms with E-state index in [1.807, 2.05) is 18.2 Å². The lowest BCUT2D eigenvalue weighted by atomic mass is 10.1. The molecule has 0 saturated heterocycles. The molecule has 1 aromatic heterocycles. The summed E-state index contributed by atoms with van der Waals surface area (Å²) in [5, 5.41) is 14.9. The molecule has 1 unspecified atom stereocenters. The van der Waals surface area contributed by atoms with E-state index in [-0.39, 0.29) is 0 Å². The van der Waals surface area contributed by atoms with Crippen molar-refractivity contribution in [3.63, 3.8) is 0 Å². The van der Waals surface area contributed by atoms with Crippen molar-refractivity contribution in [1.29, 1.82) is 5.26 Å². The molecule has 0 spiro atoms. The highest BCUT2D eigenvalue weighted by Crippen LogP contribution is 2.44. The van der Waals surface area contributed by atoms with E-state index in [1.54, 1.807) is 11.3 Å². The van der Waals surface area contributed by atoms with Crippen LogP contribution < -0.4 is 5.32 Å². The smallest absolute Gasteiger partial charge is 0.101 e. The molecule has 1 saturated carbocycles. The van der Waals surface area contributed by atoms with E-state index in [0.717, 1.165) is 10.2 Å². The Hall–Kier alpha value is -1.31. The number of thiophene rings is 1. The molecular weight excluding hydrogens is 320 g/mol. The standard InChI is InChI=1S/C15H13BrN2S/c16-12-5-6-13(11(8-12)9-17)18-15(10-3-4-10)14-2-1-7-19-14/h1-2,5-8,10,15,18H,3-4H2. The Morgan fingerprint density at radius 2 is 2.21 bits per heavy atom. The van der Waals surface area contributed by atoms with Crippen molar-refractivity contribution in [2.45, 2.75) is 18.9 Å². The second kappa shape index (κ2) is 5.36. The highest BCUT2D eigenvalue weighted by Gasteiger charge is 2.33. The zero-order chi connectivity index (χ0) is 13.2. The van der Waals surface area contributed by atoms with E-state index in [9.17, 15) is 5.26 Å². The molecule has 0 bridgehead atoms. The Morgan fingerprint density at radius 3 is 2.84 bits per heavy atom. The Kier molecular flexibility index (Phi) is 3.58. The number of anilines is 1. The molecule has 96 valence electrons. The van der Waals surface area contributed by atoms with Crippen LogP contribution in [0.4, 0.5) is 5.69 Å². The minimum Gasteiger partial charge on any atom is -0.376 e. The van der Waals surface area contributed by atoms with Gasteiger partial charge in [0, 0.05) is 9.35 Å². The van der Waals surface area contributed by atoms with Crippen LogP contribution in [0.1, 0.15) is 29.3 Å². The molecule has 3 rings (SSSR count). The molecule has 19 heavy (non-hydrogen) atoms. The van der Waals surface area contributed by atoms with Gasteiger partial charge >= 0.3 is 0 Å². The zero-order valence-corrected chi connectivity index (χ0v) is 12.7. The number of nitriles is 1. The number of hydrogen-bond donors (Lipinski definition) is 1. The van der Waals surface area contributed by atoms with Gasteiger partial charge in [-0.2, -0.15) is 5.26 Å². The van der Waals surface area contributed by atoms with Crippen molar-refractivity contribution >= 4 is 33.0 Å². The van der Waals surface area contributed by atoms with Crippen molar-refractivity contribution in [2.75, 3.05) is 5.32 Å². The summed E-state index contributed by atoms with van der Waals surface area (Å²) in [4.78, 5) is 1.36. The van der Waals surface area contributed by atoms with Crippen LogP contribution in [0.3, 0.4) is 0 Å². The minimum atomic E-state index is 0.341. The predicted molar refractivity (Wildman–Crippen MR) is 82.3 cm³/mol. The molecule has 1 aliphatic carbocycles. The lowest BCUT2D eigenvalue weighted by Gasteiger charge is -2.19. The molecule has 1 atom stereocenters. The molecular formula is C15H13BrN2S. The van der Waals surface area contributed by atoms with E-state index < -0.39 is 0 Å². The molecule has 0 amide bonds. The van der Waals surface area contributed by atoms with Crippen molar-refractivity contribution in [1.82, 2.24) is 0 Å². The second-order valence-electron chi connectivity index (χ2n) is 4.78. The number of nitrogens with zero attached hydrogens (tertiary/aromatic N) is 1. The highest BCUT2D eigenvalue weighted by atomic mass is 79.9. The van der Waals surface area contributed by atoms with Gasteiger partial charge in [0.05, 0.1) is 17.3 Å². The molecule has 1 fully saturated rings. The van der Waals surface area contributed by atoms with Crippen LogP contribution in [0, 0.1) is 17.2 Å². The summed E-state index contributed by atoms with van der Waals surface area (Å²) in [5.74, 6) is 0.703. The van der Waals surface area contributed by atoms with Crippen molar-refractivity contribution in [3.8, 4) is 6.07 Å². The number of hydrogen-bond acceptors (Lipinski definition) is 3. The molecule has 2 aromatic rings. The van der Waals surface area contributed by atoms with Crippen LogP contribution in [0.25, 0.3) is 0 Å². The molecule has 2 nitrogen and oxygen atoms in total. The fraction of sp³-hybridized carbons (Fsp3) is 0.267. The lowest BCUT2D eigenvalue weighted by Crippen LogP contribution is -2.12. The monoisotopic (exact) mass is 332 g/mol. The first-order valence-electron chi connectivity index (χ1n) is 6.27. The van der Waals surface area contributed by atoms with Gasteiger partial charge in [0.15, 0.2) is 0 Å². The summed E-state index contributed by atoms with van der Waals surface area (Å²) >= 11 is 5.19. The Morgan fingerprint density at radius 1 is 1.37 bits per heavy atom. The molecule has 1 aromatic carbocycles. The number of benzene rings is 1. The van der Waals surface area contributed by atoms with Crippen LogP contribution in [-0.4, -0.2) is 0 Å². The summed E-state index contributed by atoms with van der Waals surface area (Å²) in [5.41, 5.74) is 1.62. The first-order valence-corrected chi connectivity index (χ1v) is 7.95. The molecule has 0 aliphatic heterocycles. The Balaban J connectivity index is 1.89. The summed E-state index contributed by atoms with van der Waals surface area (Å²) < 4.78 is 0.939. The van der Waals surface area contributed by atoms with Crippen LogP contribution in [-0.2, 0) is 0 Å². The Bertz CT molecular complexity index is 612. The molecule has 4 heteroatoms. The van der Waals surface area contributed by atoms with Gasteiger partial charge in [-0.1, -0.05) is 22.0 Å². The van der Waals surface area contributed by atoms with Crippen LogP contribution >= 0.6 is 27.3 Å². The van der Waals surface area contributed by atoms with Gasteiger partial charge in [0.2, 0.25) is 0 Å².